The fourth-order valence-corrected chi connectivity index (χ4v) is 8.67. The Hall–Kier alpha value is -2.36. The number of hydrogen-bond donors (Lipinski definition) is 1. The molecule has 1 aliphatic carbocycles. The number of thiophene rings is 1. The minimum Gasteiger partial charge on any atom is -0.312 e. The lowest BCUT2D eigenvalue weighted by Gasteiger charge is -2.34. The van der Waals surface area contributed by atoms with E-state index in [-0.39, 0.29) is 24.8 Å². The number of carbonyl (C=O) groups is 2. The molecule has 0 atom stereocenters. The molecule has 1 N–H and O–H groups in total. The number of piperidine rings is 1. The van der Waals surface area contributed by atoms with E-state index in [9.17, 15) is 18.0 Å². The summed E-state index contributed by atoms with van der Waals surface area (Å²) in [6, 6.07) is 9.40. The molecule has 36 heavy (non-hydrogen) atoms. The number of aryl methyl sites for hydroxylation is 1. The zero-order chi connectivity index (χ0) is 25.5. The van der Waals surface area contributed by atoms with Crippen LogP contribution in [0.2, 0.25) is 0 Å². The van der Waals surface area contributed by atoms with Gasteiger partial charge >= 0.3 is 0 Å². The summed E-state index contributed by atoms with van der Waals surface area (Å²) in [7, 11) is -3.66. The van der Waals surface area contributed by atoms with Gasteiger partial charge in [-0.1, -0.05) is 37.5 Å². The number of Topliss-reactive ketones (excluding diaryl/α,β-unsaturated/α-hetero) is 1. The third-order valence-corrected chi connectivity index (χ3v) is 11.2. The zero-order valence-corrected chi connectivity index (χ0v) is 22.5. The number of nitrogens with one attached hydrogen (secondary N) is 1. The van der Waals surface area contributed by atoms with Crippen molar-refractivity contribution in [1.29, 1.82) is 0 Å². The molecular formula is C27H33N3O4S2. The van der Waals surface area contributed by atoms with Gasteiger partial charge < -0.3 is 5.32 Å². The molecule has 1 saturated heterocycles. The fraction of sp³-hybridized carbons (Fsp3) is 0.519. The Bertz CT molecular complexity index is 1310. The molecule has 1 amide bonds. The van der Waals surface area contributed by atoms with E-state index in [4.69, 9.17) is 4.99 Å². The van der Waals surface area contributed by atoms with Gasteiger partial charge in [-0.25, -0.2) is 8.42 Å². The smallest absolute Gasteiger partial charge is 0.253 e. The molecule has 7 nitrogen and oxygen atoms in total. The summed E-state index contributed by atoms with van der Waals surface area (Å²) in [4.78, 5) is 30.1. The van der Waals surface area contributed by atoms with Crippen LogP contribution >= 0.6 is 11.3 Å². The van der Waals surface area contributed by atoms with E-state index in [1.165, 1.54) is 34.9 Å². The summed E-state index contributed by atoms with van der Waals surface area (Å²) in [5.74, 6) is 1.19. The van der Waals surface area contributed by atoms with Crippen molar-refractivity contribution >= 4 is 38.9 Å². The van der Waals surface area contributed by atoms with Crippen molar-refractivity contribution in [1.82, 2.24) is 9.62 Å². The third-order valence-electron chi connectivity index (χ3n) is 7.73. The zero-order valence-electron chi connectivity index (χ0n) is 20.9. The predicted molar refractivity (Wildman–Crippen MR) is 142 cm³/mol. The molecule has 1 saturated carbocycles. The van der Waals surface area contributed by atoms with Gasteiger partial charge in [0, 0.05) is 30.3 Å². The van der Waals surface area contributed by atoms with Crippen molar-refractivity contribution in [2.45, 2.75) is 75.0 Å². The second-order valence-corrected chi connectivity index (χ2v) is 13.6. The highest BCUT2D eigenvalue weighted by molar-refractivity contribution is 7.91. The van der Waals surface area contributed by atoms with Crippen molar-refractivity contribution in [3.05, 3.63) is 41.5 Å². The van der Waals surface area contributed by atoms with Crippen LogP contribution in [0.5, 0.6) is 0 Å². The molecule has 0 radical (unpaired) electrons. The van der Waals surface area contributed by atoms with E-state index < -0.39 is 15.6 Å². The maximum absolute atomic E-state index is 13.5. The van der Waals surface area contributed by atoms with Crippen LogP contribution in [0.25, 0.3) is 10.4 Å². The number of rotatable bonds is 6. The molecule has 3 heterocycles. The maximum atomic E-state index is 13.5. The van der Waals surface area contributed by atoms with E-state index in [0.29, 0.717) is 29.4 Å². The number of benzene rings is 1. The molecule has 0 unspecified atom stereocenters. The molecule has 5 rings (SSSR count). The SMILES string of the molecule is CC(=O)Cc1ccc(-c2ccc(S(=O)(=O)N3CCC4(CC3)N=C(C3CCCCC3)NC4=O)s2)c(C)c1. The minimum absolute atomic E-state index is 0.0674. The maximum Gasteiger partial charge on any atom is 0.253 e. The number of amidine groups is 1. The molecule has 0 bridgehead atoms. The molecular weight excluding hydrogens is 494 g/mol. The quantitative estimate of drug-likeness (QED) is 0.599. The first-order valence-corrected chi connectivity index (χ1v) is 15.0. The van der Waals surface area contributed by atoms with E-state index in [1.807, 2.05) is 31.2 Å². The molecule has 2 aliphatic heterocycles. The monoisotopic (exact) mass is 527 g/mol. The van der Waals surface area contributed by atoms with Gasteiger partial charge in [-0.05, 0) is 68.4 Å². The topological polar surface area (TPSA) is 95.9 Å². The van der Waals surface area contributed by atoms with Crippen LogP contribution in [0, 0.1) is 12.8 Å². The van der Waals surface area contributed by atoms with Gasteiger partial charge in [0.15, 0.2) is 0 Å². The van der Waals surface area contributed by atoms with Crippen molar-refractivity contribution < 1.29 is 18.0 Å². The number of ketones is 1. The van der Waals surface area contributed by atoms with Crippen LogP contribution in [0.4, 0.5) is 0 Å². The summed E-state index contributed by atoms with van der Waals surface area (Å²) < 4.78 is 28.7. The standard InChI is InChI=1S/C27H33N3O4S2/c1-18-16-20(17-19(2)31)8-9-22(18)23-10-11-24(35-23)36(33,34)30-14-12-27(13-15-30)26(32)28-25(29-27)21-6-4-3-5-7-21/h8-11,16,21H,3-7,12-15,17H2,1-2H3,(H,28,29,32). The summed E-state index contributed by atoms with van der Waals surface area (Å²) in [6.45, 7) is 4.11. The number of carbonyl (C=O) groups excluding carboxylic acids is 2. The predicted octanol–water partition coefficient (Wildman–Crippen LogP) is 4.49. The molecule has 1 aromatic carbocycles. The highest BCUT2D eigenvalue weighted by atomic mass is 32.2. The van der Waals surface area contributed by atoms with Crippen molar-refractivity contribution in [3.8, 4) is 10.4 Å². The lowest BCUT2D eigenvalue weighted by Crippen LogP contribution is -2.50. The Morgan fingerprint density at radius 2 is 1.86 bits per heavy atom. The molecule has 192 valence electrons. The second kappa shape index (κ2) is 9.84. The van der Waals surface area contributed by atoms with Crippen LogP contribution in [-0.2, 0) is 26.0 Å². The number of aliphatic imine (C=N–C) groups is 1. The van der Waals surface area contributed by atoms with Gasteiger partial charge in [0.1, 0.15) is 21.4 Å². The van der Waals surface area contributed by atoms with E-state index >= 15 is 0 Å². The van der Waals surface area contributed by atoms with E-state index in [1.54, 1.807) is 13.0 Å². The fourth-order valence-electron chi connectivity index (χ4n) is 5.68. The number of sulfonamides is 1. The second-order valence-electron chi connectivity index (χ2n) is 10.4. The van der Waals surface area contributed by atoms with E-state index in [2.05, 4.69) is 5.32 Å². The Morgan fingerprint density at radius 3 is 2.53 bits per heavy atom. The normalized spacial score (nSPS) is 20.9. The van der Waals surface area contributed by atoms with Crippen LogP contribution in [0.3, 0.4) is 0 Å². The van der Waals surface area contributed by atoms with Gasteiger partial charge in [-0.2, -0.15) is 4.31 Å². The first-order valence-electron chi connectivity index (χ1n) is 12.8. The van der Waals surface area contributed by atoms with Gasteiger partial charge in [0.2, 0.25) is 0 Å². The lowest BCUT2D eigenvalue weighted by molar-refractivity contribution is -0.125. The summed E-state index contributed by atoms with van der Waals surface area (Å²) in [6.07, 6.45) is 6.92. The van der Waals surface area contributed by atoms with Crippen LogP contribution < -0.4 is 5.32 Å². The van der Waals surface area contributed by atoms with Crippen molar-refractivity contribution in [2.24, 2.45) is 10.9 Å². The summed E-state index contributed by atoms with van der Waals surface area (Å²) >= 11 is 1.26. The molecule has 9 heteroatoms. The van der Waals surface area contributed by atoms with Crippen molar-refractivity contribution in [3.63, 3.8) is 0 Å². The van der Waals surface area contributed by atoms with Crippen LogP contribution in [0.15, 0.2) is 39.5 Å². The average molecular weight is 528 g/mol. The average Bonchev–Trinajstić information content (AvgIpc) is 3.46. The molecule has 2 aromatic rings. The Morgan fingerprint density at radius 1 is 1.14 bits per heavy atom. The van der Waals surface area contributed by atoms with Gasteiger partial charge in [-0.3, -0.25) is 14.6 Å². The highest BCUT2D eigenvalue weighted by Gasteiger charge is 2.48. The third kappa shape index (κ3) is 4.80. The first kappa shape index (κ1) is 25.3. The molecule has 2 fully saturated rings. The lowest BCUT2D eigenvalue weighted by atomic mass is 9.88. The Balaban J connectivity index is 1.29. The van der Waals surface area contributed by atoms with E-state index in [0.717, 1.165) is 40.2 Å². The highest BCUT2D eigenvalue weighted by Crippen LogP contribution is 2.38. The Labute approximate surface area is 217 Å². The number of hydrogen-bond acceptors (Lipinski definition) is 6. The first-order chi connectivity index (χ1) is 17.2. The van der Waals surface area contributed by atoms with Crippen LogP contribution in [-0.4, -0.2) is 48.9 Å². The van der Waals surface area contributed by atoms with Crippen LogP contribution in [0.1, 0.15) is 63.0 Å². The summed E-state index contributed by atoms with van der Waals surface area (Å²) in [5.41, 5.74) is 2.12. The minimum atomic E-state index is -3.66. The summed E-state index contributed by atoms with van der Waals surface area (Å²) in [5, 5.41) is 3.04. The largest absolute Gasteiger partial charge is 0.312 e. The van der Waals surface area contributed by atoms with Gasteiger partial charge in [-0.15, -0.1) is 11.3 Å². The number of amides is 1. The molecule has 1 aromatic heterocycles. The van der Waals surface area contributed by atoms with Gasteiger partial charge in [0.25, 0.3) is 15.9 Å². The molecule has 1 spiro atoms. The Kier molecular flexibility index (Phi) is 6.91. The number of nitrogens with zero attached hydrogens (tertiary/aromatic N) is 2. The van der Waals surface area contributed by atoms with Crippen molar-refractivity contribution in [2.75, 3.05) is 13.1 Å². The van der Waals surface area contributed by atoms with Gasteiger partial charge in [0.05, 0.1) is 0 Å². The molecule has 3 aliphatic rings.